The molecule has 4 heteroatoms. The number of aromatic nitrogens is 4. The quantitative estimate of drug-likeness (QED) is 0.776. The number of nitrogens with one attached hydrogen (secondary N) is 1. The molecule has 2 aromatic heterocycles. The maximum absolute atomic E-state index is 4.50. The van der Waals surface area contributed by atoms with E-state index in [1.807, 2.05) is 17.8 Å². The molecule has 4 nitrogen and oxygen atoms in total. The molecule has 0 bridgehead atoms. The van der Waals surface area contributed by atoms with Gasteiger partial charge in [0.2, 0.25) is 0 Å². The van der Waals surface area contributed by atoms with Crippen molar-refractivity contribution in [2.45, 2.75) is 59.4 Å². The Morgan fingerprint density at radius 3 is 2.74 bits per heavy atom. The summed E-state index contributed by atoms with van der Waals surface area (Å²) in [5, 5.41) is 11.8. The molecule has 0 radical (unpaired) electrons. The van der Waals surface area contributed by atoms with Crippen molar-refractivity contribution in [2.75, 3.05) is 0 Å². The molecule has 0 fully saturated rings. The van der Waals surface area contributed by atoms with Crippen LogP contribution in [0, 0.1) is 13.8 Å². The summed E-state index contributed by atoms with van der Waals surface area (Å²) in [6, 6.07) is 2.11. The van der Waals surface area contributed by atoms with Crippen molar-refractivity contribution in [3.05, 3.63) is 34.9 Å². The smallest absolute Gasteiger partial charge is 0.0831 e. The minimum Gasteiger partial charge on any atom is -0.280 e. The van der Waals surface area contributed by atoms with Gasteiger partial charge in [-0.25, -0.2) is 0 Å². The first-order valence-corrected chi connectivity index (χ1v) is 7.23. The highest BCUT2D eigenvalue weighted by Crippen LogP contribution is 2.13. The summed E-state index contributed by atoms with van der Waals surface area (Å²) in [4.78, 5) is 0. The Kier molecular flexibility index (Phi) is 4.77. The van der Waals surface area contributed by atoms with E-state index in [2.05, 4.69) is 35.2 Å². The van der Waals surface area contributed by atoms with Crippen molar-refractivity contribution >= 4 is 0 Å². The Hall–Kier alpha value is -1.58. The zero-order chi connectivity index (χ0) is 13.7. The van der Waals surface area contributed by atoms with E-state index in [0.29, 0.717) is 0 Å². The third-order valence-corrected chi connectivity index (χ3v) is 3.52. The predicted molar refractivity (Wildman–Crippen MR) is 77.2 cm³/mol. The Balaban J connectivity index is 1.97. The third kappa shape index (κ3) is 3.69. The number of nitrogens with zero attached hydrogens (tertiary/aromatic N) is 3. The fourth-order valence-corrected chi connectivity index (χ4v) is 2.42. The monoisotopic (exact) mass is 260 g/mol. The molecule has 0 aliphatic rings. The highest BCUT2D eigenvalue weighted by Gasteiger charge is 2.08. The molecule has 2 rings (SSSR count). The second kappa shape index (κ2) is 6.55. The molecule has 0 saturated heterocycles. The lowest BCUT2D eigenvalue weighted by Crippen LogP contribution is -2.06. The van der Waals surface area contributed by atoms with Crippen LogP contribution >= 0.6 is 0 Å². The predicted octanol–water partition coefficient (Wildman–Crippen LogP) is 3.39. The van der Waals surface area contributed by atoms with Crippen LogP contribution in [0.15, 0.2) is 12.3 Å². The molecule has 0 aliphatic heterocycles. The van der Waals surface area contributed by atoms with Gasteiger partial charge in [0, 0.05) is 5.69 Å². The summed E-state index contributed by atoms with van der Waals surface area (Å²) >= 11 is 0. The first kappa shape index (κ1) is 13.8. The molecule has 2 heterocycles. The molecule has 2 aromatic rings. The molecule has 0 spiro atoms. The van der Waals surface area contributed by atoms with Crippen LogP contribution in [0.1, 0.15) is 55.3 Å². The van der Waals surface area contributed by atoms with Gasteiger partial charge in [-0.3, -0.25) is 9.78 Å². The van der Waals surface area contributed by atoms with E-state index in [1.54, 1.807) is 0 Å². The van der Waals surface area contributed by atoms with Gasteiger partial charge in [0.25, 0.3) is 0 Å². The fourth-order valence-electron chi connectivity index (χ4n) is 2.42. The third-order valence-electron chi connectivity index (χ3n) is 3.52. The normalized spacial score (nSPS) is 11.1. The second-order valence-corrected chi connectivity index (χ2v) is 5.27. The standard InChI is InChI=1S/C15H24N4/c1-4-5-6-7-8-14-10-16-17-15(14)11-19-13(3)9-12(2)18-19/h9-10H,4-8,11H2,1-3H3,(H,16,17). The Labute approximate surface area is 115 Å². The molecule has 0 aliphatic carbocycles. The highest BCUT2D eigenvalue weighted by atomic mass is 15.3. The topological polar surface area (TPSA) is 46.5 Å². The van der Waals surface area contributed by atoms with Gasteiger partial charge in [-0.05, 0) is 38.3 Å². The molecule has 104 valence electrons. The van der Waals surface area contributed by atoms with E-state index in [0.717, 1.165) is 18.7 Å². The number of aryl methyl sites for hydroxylation is 3. The Morgan fingerprint density at radius 1 is 1.21 bits per heavy atom. The SMILES string of the molecule is CCCCCCc1cn[nH]c1Cn1nc(C)cc1C. The average molecular weight is 260 g/mol. The zero-order valence-corrected chi connectivity index (χ0v) is 12.2. The number of aromatic amines is 1. The fraction of sp³-hybridized carbons (Fsp3) is 0.600. The van der Waals surface area contributed by atoms with Gasteiger partial charge < -0.3 is 0 Å². The van der Waals surface area contributed by atoms with Gasteiger partial charge in [-0.2, -0.15) is 10.2 Å². The molecular weight excluding hydrogens is 236 g/mol. The van der Waals surface area contributed by atoms with Crippen LogP contribution in [0.4, 0.5) is 0 Å². The number of hydrogen-bond donors (Lipinski definition) is 1. The molecule has 19 heavy (non-hydrogen) atoms. The second-order valence-electron chi connectivity index (χ2n) is 5.27. The largest absolute Gasteiger partial charge is 0.280 e. The molecule has 0 aromatic carbocycles. The molecule has 1 N–H and O–H groups in total. The summed E-state index contributed by atoms with van der Waals surface area (Å²) in [5.74, 6) is 0. The summed E-state index contributed by atoms with van der Waals surface area (Å²) in [5.41, 5.74) is 4.80. The van der Waals surface area contributed by atoms with E-state index in [-0.39, 0.29) is 0 Å². The van der Waals surface area contributed by atoms with Crippen LogP contribution < -0.4 is 0 Å². The number of H-pyrrole nitrogens is 1. The van der Waals surface area contributed by atoms with Crippen molar-refractivity contribution in [1.29, 1.82) is 0 Å². The molecule has 0 amide bonds. The first-order valence-electron chi connectivity index (χ1n) is 7.23. The number of hydrogen-bond acceptors (Lipinski definition) is 2. The van der Waals surface area contributed by atoms with Crippen LogP contribution in [0.25, 0.3) is 0 Å². The van der Waals surface area contributed by atoms with Gasteiger partial charge in [-0.1, -0.05) is 26.2 Å². The molecule has 0 atom stereocenters. The number of rotatable bonds is 7. The number of unbranched alkanes of at least 4 members (excludes halogenated alkanes) is 3. The Bertz CT molecular complexity index is 510. The lowest BCUT2D eigenvalue weighted by Gasteiger charge is -2.05. The highest BCUT2D eigenvalue weighted by molar-refractivity contribution is 5.18. The van der Waals surface area contributed by atoms with E-state index >= 15 is 0 Å². The van der Waals surface area contributed by atoms with Crippen LogP contribution in [0.2, 0.25) is 0 Å². The summed E-state index contributed by atoms with van der Waals surface area (Å²) in [6.07, 6.45) is 8.24. The summed E-state index contributed by atoms with van der Waals surface area (Å²) in [7, 11) is 0. The van der Waals surface area contributed by atoms with Crippen molar-refractivity contribution in [1.82, 2.24) is 20.0 Å². The zero-order valence-electron chi connectivity index (χ0n) is 12.2. The van der Waals surface area contributed by atoms with Crippen molar-refractivity contribution < 1.29 is 0 Å². The summed E-state index contributed by atoms with van der Waals surface area (Å²) in [6.45, 7) is 7.16. The van der Waals surface area contributed by atoms with Gasteiger partial charge in [0.1, 0.15) is 0 Å². The first-order chi connectivity index (χ1) is 9.20. The van der Waals surface area contributed by atoms with Crippen LogP contribution in [-0.2, 0) is 13.0 Å². The maximum Gasteiger partial charge on any atom is 0.0831 e. The molecule has 0 unspecified atom stereocenters. The molecule has 0 saturated carbocycles. The lowest BCUT2D eigenvalue weighted by molar-refractivity contribution is 0.631. The van der Waals surface area contributed by atoms with Crippen molar-refractivity contribution in [3.63, 3.8) is 0 Å². The van der Waals surface area contributed by atoms with Gasteiger partial charge in [0.05, 0.1) is 24.1 Å². The van der Waals surface area contributed by atoms with E-state index in [1.165, 1.54) is 42.6 Å². The van der Waals surface area contributed by atoms with Crippen LogP contribution in [-0.4, -0.2) is 20.0 Å². The van der Waals surface area contributed by atoms with E-state index in [9.17, 15) is 0 Å². The van der Waals surface area contributed by atoms with E-state index < -0.39 is 0 Å². The van der Waals surface area contributed by atoms with Gasteiger partial charge >= 0.3 is 0 Å². The van der Waals surface area contributed by atoms with Crippen LogP contribution in [0.3, 0.4) is 0 Å². The summed E-state index contributed by atoms with van der Waals surface area (Å²) < 4.78 is 2.04. The van der Waals surface area contributed by atoms with E-state index in [4.69, 9.17) is 0 Å². The van der Waals surface area contributed by atoms with Gasteiger partial charge in [0.15, 0.2) is 0 Å². The van der Waals surface area contributed by atoms with Crippen molar-refractivity contribution in [2.24, 2.45) is 0 Å². The minimum atomic E-state index is 0.794. The average Bonchev–Trinajstić information content (AvgIpc) is 2.93. The minimum absolute atomic E-state index is 0.794. The maximum atomic E-state index is 4.50. The lowest BCUT2D eigenvalue weighted by atomic mass is 10.1. The van der Waals surface area contributed by atoms with Crippen LogP contribution in [0.5, 0.6) is 0 Å². The van der Waals surface area contributed by atoms with Crippen molar-refractivity contribution in [3.8, 4) is 0 Å². The molecular formula is C15H24N4. The Morgan fingerprint density at radius 2 is 2.05 bits per heavy atom. The van der Waals surface area contributed by atoms with Gasteiger partial charge in [-0.15, -0.1) is 0 Å².